The molecule has 1 aliphatic rings. The molecule has 1 aromatic carbocycles. The van der Waals surface area contributed by atoms with Crippen LogP contribution in [-0.4, -0.2) is 56.6 Å². The summed E-state index contributed by atoms with van der Waals surface area (Å²) in [6.07, 6.45) is 0.996. The molecule has 0 bridgehead atoms. The van der Waals surface area contributed by atoms with Crippen molar-refractivity contribution < 1.29 is 4.79 Å². The van der Waals surface area contributed by atoms with E-state index in [-0.39, 0.29) is 24.4 Å². The van der Waals surface area contributed by atoms with Gasteiger partial charge in [0.25, 0.3) is 11.7 Å². The highest BCUT2D eigenvalue weighted by molar-refractivity contribution is 7.98. The molecular formula is C20H25ClN6OS. The molecule has 29 heavy (non-hydrogen) atoms. The van der Waals surface area contributed by atoms with Crippen molar-refractivity contribution in [3.05, 3.63) is 52.8 Å². The van der Waals surface area contributed by atoms with Crippen LogP contribution in [-0.2, 0) is 5.75 Å². The average molecular weight is 433 g/mol. The monoisotopic (exact) mass is 432 g/mol. The van der Waals surface area contributed by atoms with Gasteiger partial charge in [-0.1, -0.05) is 30.0 Å². The number of amides is 1. The van der Waals surface area contributed by atoms with Crippen molar-refractivity contribution in [1.29, 1.82) is 0 Å². The molecular weight excluding hydrogens is 408 g/mol. The van der Waals surface area contributed by atoms with Crippen molar-refractivity contribution in [2.75, 3.05) is 20.1 Å². The average Bonchev–Trinajstić information content (AvgIpc) is 3.35. The highest BCUT2D eigenvalue weighted by Gasteiger charge is 2.25. The first-order valence-electron chi connectivity index (χ1n) is 9.42. The zero-order valence-electron chi connectivity index (χ0n) is 16.8. The van der Waals surface area contributed by atoms with Crippen molar-refractivity contribution in [1.82, 2.24) is 29.8 Å². The molecule has 0 saturated carbocycles. The molecule has 1 saturated heterocycles. The molecule has 4 rings (SSSR count). The number of rotatable bonds is 5. The fourth-order valence-electron chi connectivity index (χ4n) is 3.53. The summed E-state index contributed by atoms with van der Waals surface area (Å²) in [5.41, 5.74) is 3.67. The summed E-state index contributed by atoms with van der Waals surface area (Å²) in [5.74, 6) is 1.31. The Bertz CT molecular complexity index is 1020. The lowest BCUT2D eigenvalue weighted by Crippen LogP contribution is -2.38. The molecule has 1 atom stereocenters. The quantitative estimate of drug-likeness (QED) is 0.625. The standard InChI is InChI=1S/C20H24N6OS.ClH/c1-13-10-14(2)26-19(22-13)23-20(24-26)28-12-15-6-4-5-7-17(15)18(27)25(3)16-8-9-21-11-16;/h4-7,10,16,21H,8-9,11-12H2,1-3H3;1H. The number of nitrogens with one attached hydrogen (secondary N) is 1. The number of likely N-dealkylation sites (N-methyl/N-ethyl adjacent to an activating group) is 1. The second-order valence-electron chi connectivity index (χ2n) is 7.15. The van der Waals surface area contributed by atoms with Crippen molar-refractivity contribution >= 4 is 35.9 Å². The van der Waals surface area contributed by atoms with E-state index in [4.69, 9.17) is 0 Å². The SMILES string of the molecule is Cc1cc(C)n2nc(SCc3ccccc3C(=O)N(C)C3CCNC3)nc2n1.Cl. The lowest BCUT2D eigenvalue weighted by Gasteiger charge is -2.24. The Kier molecular flexibility index (Phi) is 6.77. The van der Waals surface area contributed by atoms with Gasteiger partial charge in [-0.25, -0.2) is 9.50 Å². The maximum Gasteiger partial charge on any atom is 0.254 e. The van der Waals surface area contributed by atoms with Crippen molar-refractivity contribution in [2.24, 2.45) is 0 Å². The van der Waals surface area contributed by atoms with Gasteiger partial charge in [-0.2, -0.15) is 4.98 Å². The molecule has 0 radical (unpaired) electrons. The number of thioether (sulfide) groups is 1. The molecule has 3 heterocycles. The van der Waals surface area contributed by atoms with E-state index in [1.165, 1.54) is 11.8 Å². The predicted molar refractivity (Wildman–Crippen MR) is 117 cm³/mol. The molecule has 154 valence electrons. The smallest absolute Gasteiger partial charge is 0.254 e. The predicted octanol–water partition coefficient (Wildman–Crippen LogP) is 2.89. The molecule has 7 nitrogen and oxygen atoms in total. The Balaban J connectivity index is 0.00000240. The Morgan fingerprint density at radius 2 is 2.10 bits per heavy atom. The minimum absolute atomic E-state index is 0. The lowest BCUT2D eigenvalue weighted by molar-refractivity contribution is 0.0743. The van der Waals surface area contributed by atoms with Gasteiger partial charge >= 0.3 is 0 Å². The maximum atomic E-state index is 13.0. The van der Waals surface area contributed by atoms with Crippen LogP contribution in [0.15, 0.2) is 35.5 Å². The van der Waals surface area contributed by atoms with Gasteiger partial charge in [-0.3, -0.25) is 4.79 Å². The van der Waals surface area contributed by atoms with E-state index in [0.717, 1.165) is 42.0 Å². The molecule has 1 N–H and O–H groups in total. The van der Waals surface area contributed by atoms with Crippen molar-refractivity contribution in [2.45, 2.75) is 37.2 Å². The Morgan fingerprint density at radius 3 is 2.86 bits per heavy atom. The van der Waals surface area contributed by atoms with E-state index in [1.54, 1.807) is 4.52 Å². The first-order chi connectivity index (χ1) is 13.5. The number of halogens is 1. The van der Waals surface area contributed by atoms with Gasteiger partial charge in [0.05, 0.1) is 0 Å². The topological polar surface area (TPSA) is 75.4 Å². The first-order valence-corrected chi connectivity index (χ1v) is 10.4. The lowest BCUT2D eigenvalue weighted by atomic mass is 10.1. The summed E-state index contributed by atoms with van der Waals surface area (Å²) < 4.78 is 1.76. The highest BCUT2D eigenvalue weighted by atomic mass is 35.5. The molecule has 1 aliphatic heterocycles. The van der Waals surface area contributed by atoms with E-state index in [9.17, 15) is 4.79 Å². The van der Waals surface area contributed by atoms with E-state index in [2.05, 4.69) is 20.4 Å². The van der Waals surface area contributed by atoms with E-state index in [0.29, 0.717) is 16.7 Å². The fraction of sp³-hybridized carbons (Fsp3) is 0.400. The van der Waals surface area contributed by atoms with Crippen LogP contribution in [0.4, 0.5) is 0 Å². The second-order valence-corrected chi connectivity index (χ2v) is 8.10. The van der Waals surface area contributed by atoms with Crippen molar-refractivity contribution in [3.8, 4) is 0 Å². The minimum atomic E-state index is 0. The van der Waals surface area contributed by atoms with Crippen LogP contribution in [0.5, 0.6) is 0 Å². The zero-order valence-corrected chi connectivity index (χ0v) is 18.4. The van der Waals surface area contributed by atoms with E-state index in [1.807, 2.05) is 56.1 Å². The number of nitrogens with zero attached hydrogens (tertiary/aromatic N) is 5. The van der Waals surface area contributed by atoms with Gasteiger partial charge in [0.1, 0.15) is 0 Å². The minimum Gasteiger partial charge on any atom is -0.337 e. The number of aromatic nitrogens is 4. The Hall–Kier alpha value is -2.16. The number of aryl methyl sites for hydroxylation is 2. The summed E-state index contributed by atoms with van der Waals surface area (Å²) in [6.45, 7) is 5.77. The first kappa shape index (κ1) is 21.5. The van der Waals surface area contributed by atoms with Crippen LogP contribution in [0.1, 0.15) is 33.7 Å². The molecule has 9 heteroatoms. The molecule has 2 aromatic heterocycles. The van der Waals surface area contributed by atoms with Crippen LogP contribution >= 0.6 is 24.2 Å². The summed E-state index contributed by atoms with van der Waals surface area (Å²) in [6, 6.07) is 10.0. The van der Waals surface area contributed by atoms with Crippen LogP contribution in [0.2, 0.25) is 0 Å². The van der Waals surface area contributed by atoms with Gasteiger partial charge in [-0.05, 0) is 44.5 Å². The number of hydrogen-bond acceptors (Lipinski definition) is 6. The molecule has 1 unspecified atom stereocenters. The third-order valence-electron chi connectivity index (χ3n) is 5.11. The summed E-state index contributed by atoms with van der Waals surface area (Å²) in [5, 5.41) is 8.53. The summed E-state index contributed by atoms with van der Waals surface area (Å²) in [7, 11) is 1.89. The molecule has 0 spiro atoms. The number of carbonyl (C=O) groups excluding carboxylic acids is 1. The van der Waals surface area contributed by atoms with Crippen LogP contribution in [0.25, 0.3) is 5.78 Å². The fourth-order valence-corrected chi connectivity index (χ4v) is 4.35. The summed E-state index contributed by atoms with van der Waals surface area (Å²) in [4.78, 5) is 23.9. The number of hydrogen-bond donors (Lipinski definition) is 1. The number of benzene rings is 1. The number of fused-ring (bicyclic) bond motifs is 1. The zero-order chi connectivity index (χ0) is 19.7. The maximum absolute atomic E-state index is 13.0. The Labute approximate surface area is 180 Å². The highest BCUT2D eigenvalue weighted by Crippen LogP contribution is 2.24. The normalized spacial score (nSPS) is 16.0. The molecule has 0 aliphatic carbocycles. The molecule has 3 aromatic rings. The van der Waals surface area contributed by atoms with Gasteiger partial charge in [0, 0.05) is 42.3 Å². The third-order valence-corrected chi connectivity index (χ3v) is 5.99. The van der Waals surface area contributed by atoms with Crippen LogP contribution < -0.4 is 5.32 Å². The van der Waals surface area contributed by atoms with Gasteiger partial charge < -0.3 is 10.2 Å². The molecule has 1 amide bonds. The van der Waals surface area contributed by atoms with Crippen LogP contribution in [0, 0.1) is 13.8 Å². The van der Waals surface area contributed by atoms with E-state index >= 15 is 0 Å². The second kappa shape index (κ2) is 9.11. The van der Waals surface area contributed by atoms with Crippen molar-refractivity contribution in [3.63, 3.8) is 0 Å². The van der Waals surface area contributed by atoms with Crippen LogP contribution in [0.3, 0.4) is 0 Å². The largest absolute Gasteiger partial charge is 0.337 e. The Morgan fingerprint density at radius 1 is 1.31 bits per heavy atom. The van der Waals surface area contributed by atoms with Gasteiger partial charge in [0.15, 0.2) is 0 Å². The van der Waals surface area contributed by atoms with Gasteiger partial charge in [-0.15, -0.1) is 17.5 Å². The van der Waals surface area contributed by atoms with E-state index < -0.39 is 0 Å². The summed E-state index contributed by atoms with van der Waals surface area (Å²) >= 11 is 1.52. The molecule has 1 fully saturated rings. The van der Waals surface area contributed by atoms with Gasteiger partial charge in [0.2, 0.25) is 5.16 Å². The number of carbonyl (C=O) groups is 1. The third kappa shape index (κ3) is 4.55.